The van der Waals surface area contributed by atoms with Gasteiger partial charge in [-0.1, -0.05) is 13.0 Å². The van der Waals surface area contributed by atoms with Crippen LogP contribution in [0.2, 0.25) is 0 Å². The van der Waals surface area contributed by atoms with Crippen molar-refractivity contribution in [2.75, 3.05) is 20.3 Å². The summed E-state index contributed by atoms with van der Waals surface area (Å²) in [6.45, 7) is 7.61. The van der Waals surface area contributed by atoms with Crippen molar-refractivity contribution in [3.8, 4) is 11.5 Å². The second kappa shape index (κ2) is 8.02. The molecule has 0 spiro atoms. The van der Waals surface area contributed by atoms with Gasteiger partial charge in [0.2, 0.25) is 0 Å². The standard InChI is InChI=1S/C15H25NO3/c1-5-19-15-8-13(6-7-14(15)18-4)9-16-12(3)11(2)10-17/h6-8,11-12,16-17H,5,9-10H2,1-4H3. The minimum atomic E-state index is 0.195. The zero-order valence-corrected chi connectivity index (χ0v) is 12.3. The van der Waals surface area contributed by atoms with E-state index in [9.17, 15) is 0 Å². The molecule has 0 fully saturated rings. The third kappa shape index (κ3) is 4.73. The third-order valence-electron chi connectivity index (χ3n) is 3.30. The molecule has 2 unspecified atom stereocenters. The van der Waals surface area contributed by atoms with Crippen LogP contribution >= 0.6 is 0 Å². The number of hydrogen-bond donors (Lipinski definition) is 2. The Labute approximate surface area is 115 Å². The van der Waals surface area contributed by atoms with Crippen LogP contribution in [-0.4, -0.2) is 31.5 Å². The van der Waals surface area contributed by atoms with Crippen molar-refractivity contribution in [1.82, 2.24) is 5.32 Å². The Morgan fingerprint density at radius 3 is 2.58 bits per heavy atom. The predicted molar refractivity (Wildman–Crippen MR) is 76.7 cm³/mol. The number of nitrogens with one attached hydrogen (secondary N) is 1. The van der Waals surface area contributed by atoms with Crippen LogP contribution in [0.25, 0.3) is 0 Å². The van der Waals surface area contributed by atoms with Gasteiger partial charge in [-0.2, -0.15) is 0 Å². The van der Waals surface area contributed by atoms with Gasteiger partial charge in [0.15, 0.2) is 11.5 Å². The van der Waals surface area contributed by atoms with E-state index in [1.54, 1.807) is 7.11 Å². The van der Waals surface area contributed by atoms with E-state index in [0.717, 1.165) is 23.6 Å². The number of hydrogen-bond acceptors (Lipinski definition) is 4. The van der Waals surface area contributed by atoms with Crippen molar-refractivity contribution in [1.29, 1.82) is 0 Å². The minimum Gasteiger partial charge on any atom is -0.493 e. The van der Waals surface area contributed by atoms with E-state index >= 15 is 0 Å². The summed E-state index contributed by atoms with van der Waals surface area (Å²) in [4.78, 5) is 0. The van der Waals surface area contributed by atoms with Crippen LogP contribution in [0, 0.1) is 5.92 Å². The largest absolute Gasteiger partial charge is 0.493 e. The van der Waals surface area contributed by atoms with E-state index in [1.807, 2.05) is 32.0 Å². The quantitative estimate of drug-likeness (QED) is 0.758. The van der Waals surface area contributed by atoms with Crippen molar-refractivity contribution >= 4 is 0 Å². The molecule has 0 aromatic heterocycles. The van der Waals surface area contributed by atoms with E-state index < -0.39 is 0 Å². The molecule has 2 atom stereocenters. The second-order valence-corrected chi connectivity index (χ2v) is 4.75. The van der Waals surface area contributed by atoms with Crippen LogP contribution in [-0.2, 0) is 6.54 Å². The van der Waals surface area contributed by atoms with Gasteiger partial charge in [-0.3, -0.25) is 0 Å². The van der Waals surface area contributed by atoms with Crippen LogP contribution in [0.1, 0.15) is 26.3 Å². The first-order valence-electron chi connectivity index (χ1n) is 6.76. The number of ether oxygens (including phenoxy) is 2. The highest BCUT2D eigenvalue weighted by Crippen LogP contribution is 2.28. The minimum absolute atomic E-state index is 0.195. The predicted octanol–water partition coefficient (Wildman–Crippen LogP) is 2.20. The van der Waals surface area contributed by atoms with Crippen molar-refractivity contribution in [3.63, 3.8) is 0 Å². The molecule has 0 saturated carbocycles. The van der Waals surface area contributed by atoms with Gasteiger partial charge in [0.05, 0.1) is 13.7 Å². The molecule has 0 heterocycles. The lowest BCUT2D eigenvalue weighted by Gasteiger charge is -2.19. The molecule has 4 heteroatoms. The maximum Gasteiger partial charge on any atom is 0.161 e. The topological polar surface area (TPSA) is 50.7 Å². The van der Waals surface area contributed by atoms with E-state index in [2.05, 4.69) is 12.2 Å². The lowest BCUT2D eigenvalue weighted by Crippen LogP contribution is -2.33. The summed E-state index contributed by atoms with van der Waals surface area (Å²) < 4.78 is 10.8. The van der Waals surface area contributed by atoms with Gasteiger partial charge >= 0.3 is 0 Å². The summed E-state index contributed by atoms with van der Waals surface area (Å²) in [5, 5.41) is 12.5. The number of benzene rings is 1. The van der Waals surface area contributed by atoms with Crippen molar-refractivity contribution in [3.05, 3.63) is 23.8 Å². The molecule has 108 valence electrons. The maximum atomic E-state index is 9.11. The van der Waals surface area contributed by atoms with Crippen LogP contribution in [0.15, 0.2) is 18.2 Å². The lowest BCUT2D eigenvalue weighted by atomic mass is 10.0. The molecule has 0 aliphatic carbocycles. The number of methoxy groups -OCH3 is 1. The van der Waals surface area contributed by atoms with Crippen molar-refractivity contribution in [2.45, 2.75) is 33.4 Å². The Balaban J connectivity index is 2.66. The fourth-order valence-electron chi connectivity index (χ4n) is 1.74. The van der Waals surface area contributed by atoms with Gasteiger partial charge in [-0.25, -0.2) is 0 Å². The summed E-state index contributed by atoms with van der Waals surface area (Å²) in [5.74, 6) is 1.76. The van der Waals surface area contributed by atoms with Gasteiger partial charge in [-0.05, 0) is 37.5 Å². The molecule has 0 aliphatic heterocycles. The maximum absolute atomic E-state index is 9.11. The summed E-state index contributed by atoms with van der Waals surface area (Å²) in [5.41, 5.74) is 1.14. The summed E-state index contributed by atoms with van der Waals surface area (Å²) in [6, 6.07) is 6.20. The number of aliphatic hydroxyl groups is 1. The van der Waals surface area contributed by atoms with Crippen LogP contribution in [0.4, 0.5) is 0 Å². The molecule has 0 saturated heterocycles. The molecule has 1 rings (SSSR count). The molecule has 4 nitrogen and oxygen atoms in total. The Morgan fingerprint density at radius 2 is 2.00 bits per heavy atom. The van der Waals surface area contributed by atoms with E-state index in [0.29, 0.717) is 6.61 Å². The molecule has 2 N–H and O–H groups in total. The smallest absolute Gasteiger partial charge is 0.161 e. The van der Waals surface area contributed by atoms with Crippen LogP contribution in [0.5, 0.6) is 11.5 Å². The fraction of sp³-hybridized carbons (Fsp3) is 0.600. The SMILES string of the molecule is CCOc1cc(CNC(C)C(C)CO)ccc1OC. The summed E-state index contributed by atoms with van der Waals surface area (Å²) >= 11 is 0. The molecule has 19 heavy (non-hydrogen) atoms. The average Bonchev–Trinajstić information content (AvgIpc) is 2.44. The molecule has 1 aromatic rings. The highest BCUT2D eigenvalue weighted by atomic mass is 16.5. The highest BCUT2D eigenvalue weighted by Gasteiger charge is 2.11. The normalized spacial score (nSPS) is 13.9. The van der Waals surface area contributed by atoms with Crippen molar-refractivity contribution in [2.24, 2.45) is 5.92 Å². The lowest BCUT2D eigenvalue weighted by molar-refractivity contribution is 0.207. The Hall–Kier alpha value is -1.26. The molecular formula is C15H25NO3. The van der Waals surface area contributed by atoms with Gasteiger partial charge in [-0.15, -0.1) is 0 Å². The van der Waals surface area contributed by atoms with E-state index in [1.165, 1.54) is 0 Å². The summed E-state index contributed by atoms with van der Waals surface area (Å²) in [6.07, 6.45) is 0. The van der Waals surface area contributed by atoms with Crippen LogP contribution in [0.3, 0.4) is 0 Å². The molecule has 0 bridgehead atoms. The second-order valence-electron chi connectivity index (χ2n) is 4.75. The Kier molecular flexibility index (Phi) is 6.67. The fourth-order valence-corrected chi connectivity index (χ4v) is 1.74. The number of aliphatic hydroxyl groups excluding tert-OH is 1. The van der Waals surface area contributed by atoms with Gasteiger partial charge < -0.3 is 19.9 Å². The molecule has 0 aliphatic rings. The highest BCUT2D eigenvalue weighted by molar-refractivity contribution is 5.42. The first kappa shape index (κ1) is 15.8. The van der Waals surface area contributed by atoms with Gasteiger partial charge in [0.25, 0.3) is 0 Å². The van der Waals surface area contributed by atoms with Gasteiger partial charge in [0, 0.05) is 19.2 Å². The summed E-state index contributed by atoms with van der Waals surface area (Å²) in [7, 11) is 1.64. The van der Waals surface area contributed by atoms with Gasteiger partial charge in [0.1, 0.15) is 0 Å². The van der Waals surface area contributed by atoms with Crippen LogP contribution < -0.4 is 14.8 Å². The first-order valence-corrected chi connectivity index (χ1v) is 6.76. The third-order valence-corrected chi connectivity index (χ3v) is 3.30. The van der Waals surface area contributed by atoms with E-state index in [-0.39, 0.29) is 18.6 Å². The average molecular weight is 267 g/mol. The monoisotopic (exact) mass is 267 g/mol. The van der Waals surface area contributed by atoms with Crippen molar-refractivity contribution < 1.29 is 14.6 Å². The zero-order chi connectivity index (χ0) is 14.3. The van der Waals surface area contributed by atoms with E-state index in [4.69, 9.17) is 14.6 Å². The Bertz CT molecular complexity index is 382. The Morgan fingerprint density at radius 1 is 1.26 bits per heavy atom. The first-order chi connectivity index (χ1) is 9.12. The molecule has 0 amide bonds. The molecule has 0 radical (unpaired) electrons. The molecular weight excluding hydrogens is 242 g/mol. The number of rotatable bonds is 8. The zero-order valence-electron chi connectivity index (χ0n) is 12.3. The molecule has 1 aromatic carbocycles.